The second-order valence-electron chi connectivity index (χ2n) is 4.04. The predicted octanol–water partition coefficient (Wildman–Crippen LogP) is 3.09. The molecule has 1 atom stereocenters. The van der Waals surface area contributed by atoms with E-state index in [1.165, 1.54) is 5.56 Å². The van der Waals surface area contributed by atoms with Gasteiger partial charge in [-0.15, -0.1) is 0 Å². The Hall–Kier alpha value is -1.57. The molecule has 0 aromatic heterocycles. The molecule has 16 heavy (non-hydrogen) atoms. The number of ketones is 1. The van der Waals surface area contributed by atoms with Gasteiger partial charge in [0.15, 0.2) is 5.78 Å². The molecule has 1 saturated carbocycles. The van der Waals surface area contributed by atoms with Gasteiger partial charge < -0.3 is 4.74 Å². The molecule has 0 N–H and O–H groups in total. The maximum absolute atomic E-state index is 11.4. The van der Waals surface area contributed by atoms with Gasteiger partial charge in [-0.2, -0.15) is 0 Å². The Balaban J connectivity index is 2.16. The summed E-state index contributed by atoms with van der Waals surface area (Å²) in [6.07, 6.45) is 1.53. The Labute approximate surface area is 95.9 Å². The van der Waals surface area contributed by atoms with Crippen molar-refractivity contribution in [1.29, 1.82) is 0 Å². The van der Waals surface area contributed by atoms with E-state index in [0.717, 1.165) is 17.7 Å². The topological polar surface area (TPSA) is 26.3 Å². The average molecular weight is 216 g/mol. The predicted molar refractivity (Wildman–Crippen MR) is 63.7 cm³/mol. The maximum atomic E-state index is 11.4. The zero-order valence-electron chi connectivity index (χ0n) is 9.53. The van der Waals surface area contributed by atoms with Crippen molar-refractivity contribution >= 4 is 5.78 Å². The lowest BCUT2D eigenvalue weighted by molar-refractivity contribution is -0.114. The van der Waals surface area contributed by atoms with Crippen molar-refractivity contribution in [3.05, 3.63) is 42.0 Å². The molecule has 1 fully saturated rings. The molecule has 0 aliphatic heterocycles. The standard InChI is InChI=1S/C14H16O2/c1-3-16-12-6-4-11(5-7-12)13-8-9-14(15)10(13)2/h4-7,13H,2-3,8-9H2,1H3. The van der Waals surface area contributed by atoms with Crippen LogP contribution in [0.1, 0.15) is 31.2 Å². The van der Waals surface area contributed by atoms with Crippen LogP contribution in [0, 0.1) is 0 Å². The van der Waals surface area contributed by atoms with Gasteiger partial charge in [0, 0.05) is 12.3 Å². The van der Waals surface area contributed by atoms with Gasteiger partial charge >= 0.3 is 0 Å². The van der Waals surface area contributed by atoms with Crippen LogP contribution in [0.4, 0.5) is 0 Å². The summed E-state index contributed by atoms with van der Waals surface area (Å²) in [7, 11) is 0. The third-order valence-electron chi connectivity index (χ3n) is 3.03. The van der Waals surface area contributed by atoms with Gasteiger partial charge in [0.1, 0.15) is 5.75 Å². The molecular formula is C14H16O2. The number of allylic oxidation sites excluding steroid dienone is 1. The van der Waals surface area contributed by atoms with Gasteiger partial charge in [-0.1, -0.05) is 18.7 Å². The second-order valence-corrected chi connectivity index (χ2v) is 4.04. The molecule has 0 amide bonds. The quantitative estimate of drug-likeness (QED) is 0.726. The van der Waals surface area contributed by atoms with Crippen LogP contribution in [0.2, 0.25) is 0 Å². The normalized spacial score (nSPS) is 20.2. The van der Waals surface area contributed by atoms with Crippen LogP contribution in [0.5, 0.6) is 5.75 Å². The van der Waals surface area contributed by atoms with E-state index in [-0.39, 0.29) is 11.7 Å². The lowest BCUT2D eigenvalue weighted by Crippen LogP contribution is -1.99. The van der Waals surface area contributed by atoms with E-state index in [9.17, 15) is 4.79 Å². The number of Topliss-reactive ketones (excluding diaryl/α,β-unsaturated/α-hetero) is 1. The first kappa shape index (κ1) is 10.9. The van der Waals surface area contributed by atoms with E-state index in [2.05, 4.69) is 6.58 Å². The summed E-state index contributed by atoms with van der Waals surface area (Å²) >= 11 is 0. The largest absolute Gasteiger partial charge is 0.494 e. The minimum atomic E-state index is 0.207. The molecule has 2 rings (SSSR count). The van der Waals surface area contributed by atoms with Crippen molar-refractivity contribution in [2.24, 2.45) is 0 Å². The third kappa shape index (κ3) is 2.01. The molecule has 84 valence electrons. The minimum absolute atomic E-state index is 0.207. The Bertz CT molecular complexity index is 403. The number of carbonyl (C=O) groups is 1. The molecule has 0 radical (unpaired) electrons. The summed E-state index contributed by atoms with van der Waals surface area (Å²) in [5.41, 5.74) is 1.92. The molecule has 2 nitrogen and oxygen atoms in total. The SMILES string of the molecule is C=C1C(=O)CCC1c1ccc(OCC)cc1. The first-order valence-corrected chi connectivity index (χ1v) is 5.67. The molecule has 0 saturated heterocycles. The highest BCUT2D eigenvalue weighted by atomic mass is 16.5. The Morgan fingerprint density at radius 3 is 2.56 bits per heavy atom. The monoisotopic (exact) mass is 216 g/mol. The van der Waals surface area contributed by atoms with Gasteiger partial charge in [-0.05, 0) is 36.6 Å². The van der Waals surface area contributed by atoms with E-state index in [1.807, 2.05) is 31.2 Å². The van der Waals surface area contributed by atoms with Gasteiger partial charge in [-0.25, -0.2) is 0 Å². The molecule has 2 heteroatoms. The first-order valence-electron chi connectivity index (χ1n) is 5.67. The van der Waals surface area contributed by atoms with Crippen LogP contribution in [-0.2, 0) is 4.79 Å². The molecule has 1 aliphatic carbocycles. The van der Waals surface area contributed by atoms with Crippen molar-refractivity contribution in [2.75, 3.05) is 6.61 Å². The highest BCUT2D eigenvalue weighted by Crippen LogP contribution is 2.36. The smallest absolute Gasteiger partial charge is 0.158 e. The van der Waals surface area contributed by atoms with Crippen molar-refractivity contribution < 1.29 is 9.53 Å². The zero-order chi connectivity index (χ0) is 11.5. The average Bonchev–Trinajstić information content (AvgIpc) is 2.62. The number of ether oxygens (including phenoxy) is 1. The molecular weight excluding hydrogens is 200 g/mol. The Morgan fingerprint density at radius 2 is 2.06 bits per heavy atom. The lowest BCUT2D eigenvalue weighted by atomic mass is 9.94. The number of rotatable bonds is 3. The highest BCUT2D eigenvalue weighted by molar-refractivity contribution is 5.98. The second kappa shape index (κ2) is 4.52. The first-order chi connectivity index (χ1) is 7.72. The third-order valence-corrected chi connectivity index (χ3v) is 3.03. The number of carbonyl (C=O) groups excluding carboxylic acids is 1. The molecule has 1 aromatic rings. The Kier molecular flexibility index (Phi) is 3.09. The number of benzene rings is 1. The molecule has 0 heterocycles. The van der Waals surface area contributed by atoms with Crippen molar-refractivity contribution in [3.8, 4) is 5.75 Å². The summed E-state index contributed by atoms with van der Waals surface area (Å²) in [5.74, 6) is 1.29. The molecule has 1 unspecified atom stereocenters. The number of hydrogen-bond acceptors (Lipinski definition) is 2. The summed E-state index contributed by atoms with van der Waals surface area (Å²) in [5, 5.41) is 0. The van der Waals surface area contributed by atoms with E-state index >= 15 is 0 Å². The summed E-state index contributed by atoms with van der Waals surface area (Å²) < 4.78 is 5.38. The van der Waals surface area contributed by atoms with E-state index in [1.54, 1.807) is 0 Å². The fourth-order valence-corrected chi connectivity index (χ4v) is 2.14. The molecule has 0 bridgehead atoms. The van der Waals surface area contributed by atoms with Crippen molar-refractivity contribution in [2.45, 2.75) is 25.7 Å². The summed E-state index contributed by atoms with van der Waals surface area (Å²) in [4.78, 5) is 11.4. The summed E-state index contributed by atoms with van der Waals surface area (Å²) in [6, 6.07) is 7.96. The van der Waals surface area contributed by atoms with Gasteiger partial charge in [0.2, 0.25) is 0 Å². The summed E-state index contributed by atoms with van der Waals surface area (Å²) in [6.45, 7) is 6.51. The van der Waals surface area contributed by atoms with Crippen LogP contribution in [0.15, 0.2) is 36.4 Å². The lowest BCUT2D eigenvalue weighted by Gasteiger charge is -2.11. The highest BCUT2D eigenvalue weighted by Gasteiger charge is 2.27. The number of hydrogen-bond donors (Lipinski definition) is 0. The van der Waals surface area contributed by atoms with Gasteiger partial charge in [0.05, 0.1) is 6.61 Å². The van der Waals surface area contributed by atoms with Crippen LogP contribution in [0.3, 0.4) is 0 Å². The van der Waals surface area contributed by atoms with E-state index in [0.29, 0.717) is 13.0 Å². The maximum Gasteiger partial charge on any atom is 0.158 e. The molecule has 1 aliphatic rings. The fraction of sp³-hybridized carbons (Fsp3) is 0.357. The van der Waals surface area contributed by atoms with E-state index in [4.69, 9.17) is 4.74 Å². The van der Waals surface area contributed by atoms with E-state index < -0.39 is 0 Å². The van der Waals surface area contributed by atoms with Gasteiger partial charge in [0.25, 0.3) is 0 Å². The Morgan fingerprint density at radius 1 is 1.38 bits per heavy atom. The van der Waals surface area contributed by atoms with Crippen LogP contribution in [-0.4, -0.2) is 12.4 Å². The van der Waals surface area contributed by atoms with Crippen LogP contribution < -0.4 is 4.74 Å². The minimum Gasteiger partial charge on any atom is -0.494 e. The zero-order valence-corrected chi connectivity index (χ0v) is 9.53. The van der Waals surface area contributed by atoms with Crippen molar-refractivity contribution in [3.63, 3.8) is 0 Å². The van der Waals surface area contributed by atoms with Crippen LogP contribution in [0.25, 0.3) is 0 Å². The molecule has 0 spiro atoms. The van der Waals surface area contributed by atoms with Gasteiger partial charge in [-0.3, -0.25) is 4.79 Å². The van der Waals surface area contributed by atoms with Crippen molar-refractivity contribution in [1.82, 2.24) is 0 Å². The van der Waals surface area contributed by atoms with Crippen LogP contribution >= 0.6 is 0 Å². The fourth-order valence-electron chi connectivity index (χ4n) is 2.14. The molecule has 1 aromatic carbocycles.